The molecule has 0 saturated carbocycles. The fourth-order valence-corrected chi connectivity index (χ4v) is 2.61. The summed E-state index contributed by atoms with van der Waals surface area (Å²) >= 11 is 0. The van der Waals surface area contributed by atoms with E-state index < -0.39 is 5.97 Å². The lowest BCUT2D eigenvalue weighted by molar-refractivity contribution is 0.0696. The summed E-state index contributed by atoms with van der Waals surface area (Å²) in [5, 5.41) is 16.8. The standard InChI is InChI=1S/C17H15N3O3/c1-2-13(11-6-4-3-5-7-11)16(21)20-15-9-8-12(17(22)23)10-14(15)18-19-20/h3-10,13H,2H2,1H3,(H,22,23). The number of carbonyl (C=O) groups is 2. The van der Waals surface area contributed by atoms with Crippen molar-refractivity contribution >= 4 is 22.9 Å². The van der Waals surface area contributed by atoms with Crippen LogP contribution in [0.15, 0.2) is 48.5 Å². The number of benzene rings is 2. The van der Waals surface area contributed by atoms with E-state index in [9.17, 15) is 9.59 Å². The topological polar surface area (TPSA) is 85.1 Å². The summed E-state index contributed by atoms with van der Waals surface area (Å²) < 4.78 is 1.25. The van der Waals surface area contributed by atoms with Crippen LogP contribution in [0.5, 0.6) is 0 Å². The van der Waals surface area contributed by atoms with Gasteiger partial charge in [-0.25, -0.2) is 4.79 Å². The molecule has 3 rings (SSSR count). The van der Waals surface area contributed by atoms with Crippen LogP contribution >= 0.6 is 0 Å². The number of rotatable bonds is 4. The zero-order valence-electron chi connectivity index (χ0n) is 12.5. The van der Waals surface area contributed by atoms with Crippen LogP contribution in [-0.4, -0.2) is 32.0 Å². The van der Waals surface area contributed by atoms with Gasteiger partial charge in [0.1, 0.15) is 5.52 Å². The number of carbonyl (C=O) groups excluding carboxylic acids is 1. The van der Waals surface area contributed by atoms with Crippen LogP contribution in [-0.2, 0) is 0 Å². The van der Waals surface area contributed by atoms with E-state index in [1.54, 1.807) is 6.07 Å². The van der Waals surface area contributed by atoms with Crippen molar-refractivity contribution in [2.24, 2.45) is 0 Å². The molecule has 0 amide bonds. The van der Waals surface area contributed by atoms with Crippen molar-refractivity contribution in [1.29, 1.82) is 0 Å². The van der Waals surface area contributed by atoms with Gasteiger partial charge in [0.25, 0.3) is 5.91 Å². The largest absolute Gasteiger partial charge is 0.478 e. The smallest absolute Gasteiger partial charge is 0.335 e. The van der Waals surface area contributed by atoms with E-state index in [0.29, 0.717) is 17.5 Å². The average Bonchev–Trinajstić information content (AvgIpc) is 2.99. The summed E-state index contributed by atoms with van der Waals surface area (Å²) in [6, 6.07) is 13.9. The fraction of sp³-hybridized carbons (Fsp3) is 0.176. The van der Waals surface area contributed by atoms with Gasteiger partial charge in [-0.15, -0.1) is 5.10 Å². The van der Waals surface area contributed by atoms with E-state index in [0.717, 1.165) is 5.56 Å². The number of aromatic nitrogens is 3. The molecule has 0 bridgehead atoms. The molecule has 0 aliphatic rings. The number of aromatic carboxylic acids is 1. The van der Waals surface area contributed by atoms with Crippen molar-refractivity contribution in [3.8, 4) is 0 Å². The van der Waals surface area contributed by atoms with Crippen molar-refractivity contribution in [2.75, 3.05) is 0 Å². The number of hydrogen-bond donors (Lipinski definition) is 1. The van der Waals surface area contributed by atoms with Gasteiger partial charge in [-0.1, -0.05) is 42.5 Å². The van der Waals surface area contributed by atoms with Gasteiger partial charge in [0.15, 0.2) is 0 Å². The maximum Gasteiger partial charge on any atom is 0.335 e. The summed E-state index contributed by atoms with van der Waals surface area (Å²) in [6.07, 6.45) is 0.636. The summed E-state index contributed by atoms with van der Waals surface area (Å²) in [7, 11) is 0. The van der Waals surface area contributed by atoms with Crippen molar-refractivity contribution in [1.82, 2.24) is 15.0 Å². The Morgan fingerprint density at radius 2 is 1.91 bits per heavy atom. The maximum atomic E-state index is 12.8. The molecule has 23 heavy (non-hydrogen) atoms. The fourth-order valence-electron chi connectivity index (χ4n) is 2.61. The van der Waals surface area contributed by atoms with Crippen LogP contribution in [0.25, 0.3) is 11.0 Å². The molecule has 0 saturated heterocycles. The van der Waals surface area contributed by atoms with Gasteiger partial charge < -0.3 is 5.11 Å². The third-order valence-electron chi connectivity index (χ3n) is 3.81. The number of hydrogen-bond acceptors (Lipinski definition) is 4. The number of nitrogens with zero attached hydrogens (tertiary/aromatic N) is 3. The molecule has 116 valence electrons. The highest BCUT2D eigenvalue weighted by Gasteiger charge is 2.23. The Hall–Kier alpha value is -3.02. The lowest BCUT2D eigenvalue weighted by atomic mass is 9.96. The number of carboxylic acid groups (broad SMARTS) is 1. The van der Waals surface area contributed by atoms with Gasteiger partial charge in [-0.05, 0) is 30.2 Å². The zero-order valence-corrected chi connectivity index (χ0v) is 12.5. The van der Waals surface area contributed by atoms with Gasteiger partial charge in [-0.3, -0.25) is 4.79 Å². The van der Waals surface area contributed by atoms with E-state index in [4.69, 9.17) is 5.11 Å². The molecule has 1 aromatic heterocycles. The Morgan fingerprint density at radius 3 is 2.57 bits per heavy atom. The Bertz CT molecular complexity index is 871. The average molecular weight is 309 g/mol. The minimum Gasteiger partial charge on any atom is -0.478 e. The molecule has 0 radical (unpaired) electrons. The van der Waals surface area contributed by atoms with Crippen LogP contribution in [0.1, 0.15) is 40.0 Å². The molecule has 0 spiro atoms. The second-order valence-electron chi connectivity index (χ2n) is 5.22. The summed E-state index contributed by atoms with van der Waals surface area (Å²) in [5.74, 6) is -1.53. The Balaban J connectivity index is 2.02. The highest BCUT2D eigenvalue weighted by atomic mass is 16.4. The van der Waals surface area contributed by atoms with Crippen LogP contribution < -0.4 is 0 Å². The molecule has 6 nitrogen and oxygen atoms in total. The highest BCUT2D eigenvalue weighted by molar-refractivity contribution is 5.96. The van der Waals surface area contributed by atoms with E-state index in [2.05, 4.69) is 10.3 Å². The SMILES string of the molecule is CCC(C(=O)n1nnc2cc(C(=O)O)ccc21)c1ccccc1. The Labute approximate surface area is 132 Å². The van der Waals surface area contributed by atoms with E-state index in [1.807, 2.05) is 37.3 Å². The molecule has 1 atom stereocenters. The lowest BCUT2D eigenvalue weighted by Gasteiger charge is -2.13. The van der Waals surface area contributed by atoms with Crippen LogP contribution in [0.3, 0.4) is 0 Å². The molecule has 0 aliphatic heterocycles. The third-order valence-corrected chi connectivity index (χ3v) is 3.81. The van der Waals surface area contributed by atoms with E-state index in [1.165, 1.54) is 16.8 Å². The highest BCUT2D eigenvalue weighted by Crippen LogP contribution is 2.23. The Kier molecular flexibility index (Phi) is 3.89. The maximum absolute atomic E-state index is 12.8. The van der Waals surface area contributed by atoms with Gasteiger partial charge in [-0.2, -0.15) is 4.68 Å². The van der Waals surface area contributed by atoms with Gasteiger partial charge >= 0.3 is 5.97 Å². The molecular formula is C17H15N3O3. The number of carboxylic acids is 1. The molecule has 1 N–H and O–H groups in total. The first-order chi connectivity index (χ1) is 11.1. The molecule has 2 aromatic carbocycles. The van der Waals surface area contributed by atoms with Gasteiger partial charge in [0, 0.05) is 0 Å². The first-order valence-corrected chi connectivity index (χ1v) is 7.29. The van der Waals surface area contributed by atoms with Gasteiger partial charge in [0.2, 0.25) is 0 Å². The lowest BCUT2D eigenvalue weighted by Crippen LogP contribution is -2.21. The quantitative estimate of drug-likeness (QED) is 0.801. The first-order valence-electron chi connectivity index (χ1n) is 7.29. The molecule has 6 heteroatoms. The minimum absolute atomic E-state index is 0.118. The monoisotopic (exact) mass is 309 g/mol. The van der Waals surface area contributed by atoms with E-state index >= 15 is 0 Å². The van der Waals surface area contributed by atoms with Crippen molar-refractivity contribution in [2.45, 2.75) is 19.3 Å². The van der Waals surface area contributed by atoms with E-state index in [-0.39, 0.29) is 17.4 Å². The Morgan fingerprint density at radius 1 is 1.17 bits per heavy atom. The minimum atomic E-state index is -1.04. The summed E-state index contributed by atoms with van der Waals surface area (Å²) in [6.45, 7) is 1.94. The predicted molar refractivity (Wildman–Crippen MR) is 84.6 cm³/mol. The molecule has 3 aromatic rings. The first kappa shape index (κ1) is 14.9. The molecule has 1 heterocycles. The second kappa shape index (κ2) is 6.00. The van der Waals surface area contributed by atoms with Crippen molar-refractivity contribution in [3.05, 3.63) is 59.7 Å². The number of fused-ring (bicyclic) bond motifs is 1. The summed E-state index contributed by atoms with van der Waals surface area (Å²) in [4.78, 5) is 23.8. The molecule has 0 aliphatic carbocycles. The molecule has 1 unspecified atom stereocenters. The normalized spacial score (nSPS) is 12.2. The predicted octanol–water partition coefficient (Wildman–Crippen LogP) is 2.96. The van der Waals surface area contributed by atoms with Crippen LogP contribution in [0, 0.1) is 0 Å². The second-order valence-corrected chi connectivity index (χ2v) is 5.22. The summed E-state index contributed by atoms with van der Waals surface area (Å²) in [5.41, 5.74) is 1.94. The van der Waals surface area contributed by atoms with Gasteiger partial charge in [0.05, 0.1) is 17.0 Å². The van der Waals surface area contributed by atoms with Crippen molar-refractivity contribution in [3.63, 3.8) is 0 Å². The van der Waals surface area contributed by atoms with Crippen LogP contribution in [0.2, 0.25) is 0 Å². The molecular weight excluding hydrogens is 294 g/mol. The molecule has 0 fully saturated rings. The third kappa shape index (κ3) is 2.70. The zero-order chi connectivity index (χ0) is 16.4. The van der Waals surface area contributed by atoms with Crippen LogP contribution in [0.4, 0.5) is 0 Å². The van der Waals surface area contributed by atoms with Crippen molar-refractivity contribution < 1.29 is 14.7 Å².